The molecule has 0 radical (unpaired) electrons. The number of nitrogens with zero attached hydrogens (tertiary/aromatic N) is 3. The summed E-state index contributed by atoms with van der Waals surface area (Å²) in [5.74, 6) is 0.0164. The van der Waals surface area contributed by atoms with E-state index >= 15 is 0 Å². The molecule has 1 saturated heterocycles. The molecule has 0 aliphatic carbocycles. The first-order valence-electron chi connectivity index (χ1n) is 8.59. The average molecular weight is 351 g/mol. The summed E-state index contributed by atoms with van der Waals surface area (Å²) < 4.78 is 19.4. The molecule has 4 rings (SSSR count). The van der Waals surface area contributed by atoms with Crippen LogP contribution in [0.25, 0.3) is 11.4 Å². The SMILES string of the molecule is Cc1ccc(-c2noc(C3CCCN3C(=O)c3ccccc3F)n2)cc1. The fourth-order valence-electron chi connectivity index (χ4n) is 3.25. The van der Waals surface area contributed by atoms with Gasteiger partial charge in [-0.1, -0.05) is 47.1 Å². The number of rotatable bonds is 3. The minimum Gasteiger partial charge on any atom is -0.337 e. The minimum absolute atomic E-state index is 0.0673. The first-order valence-corrected chi connectivity index (χ1v) is 8.59. The van der Waals surface area contributed by atoms with Crippen molar-refractivity contribution < 1.29 is 13.7 Å². The minimum atomic E-state index is -0.519. The number of amides is 1. The van der Waals surface area contributed by atoms with Crippen molar-refractivity contribution in [3.63, 3.8) is 0 Å². The summed E-state index contributed by atoms with van der Waals surface area (Å²) in [6, 6.07) is 13.5. The number of hydrogen-bond acceptors (Lipinski definition) is 4. The zero-order valence-corrected chi connectivity index (χ0v) is 14.4. The van der Waals surface area contributed by atoms with Crippen LogP contribution in [0.3, 0.4) is 0 Å². The molecular weight excluding hydrogens is 333 g/mol. The van der Waals surface area contributed by atoms with Gasteiger partial charge in [0.15, 0.2) is 0 Å². The zero-order chi connectivity index (χ0) is 18.1. The Morgan fingerprint density at radius 2 is 1.96 bits per heavy atom. The maximum atomic E-state index is 14.0. The number of carbonyl (C=O) groups is 1. The van der Waals surface area contributed by atoms with Crippen LogP contribution in [0.1, 0.15) is 40.7 Å². The third-order valence-electron chi connectivity index (χ3n) is 4.65. The van der Waals surface area contributed by atoms with Crippen LogP contribution < -0.4 is 0 Å². The predicted octanol–water partition coefficient (Wildman–Crippen LogP) is 4.16. The van der Waals surface area contributed by atoms with Gasteiger partial charge in [0.05, 0.1) is 5.56 Å². The van der Waals surface area contributed by atoms with Gasteiger partial charge in [0.2, 0.25) is 11.7 Å². The van der Waals surface area contributed by atoms with E-state index in [0.717, 1.165) is 24.0 Å². The molecule has 1 unspecified atom stereocenters. The van der Waals surface area contributed by atoms with E-state index < -0.39 is 5.82 Å². The van der Waals surface area contributed by atoms with E-state index in [4.69, 9.17) is 4.52 Å². The Bertz CT molecular complexity index is 936. The van der Waals surface area contributed by atoms with E-state index in [0.29, 0.717) is 18.3 Å². The lowest BCUT2D eigenvalue weighted by molar-refractivity contribution is 0.0705. The average Bonchev–Trinajstić information content (AvgIpc) is 3.31. The molecule has 1 amide bonds. The van der Waals surface area contributed by atoms with Gasteiger partial charge in [0.1, 0.15) is 11.9 Å². The fourth-order valence-corrected chi connectivity index (χ4v) is 3.25. The van der Waals surface area contributed by atoms with Gasteiger partial charge in [-0.25, -0.2) is 4.39 Å². The first kappa shape index (κ1) is 16.4. The maximum absolute atomic E-state index is 14.0. The summed E-state index contributed by atoms with van der Waals surface area (Å²) >= 11 is 0. The highest BCUT2D eigenvalue weighted by molar-refractivity contribution is 5.94. The maximum Gasteiger partial charge on any atom is 0.257 e. The monoisotopic (exact) mass is 351 g/mol. The zero-order valence-electron chi connectivity index (χ0n) is 14.4. The molecule has 1 aliphatic rings. The summed E-state index contributed by atoms with van der Waals surface area (Å²) in [5.41, 5.74) is 2.07. The molecular formula is C20H18FN3O2. The number of halogens is 1. The number of benzene rings is 2. The van der Waals surface area contributed by atoms with Crippen LogP contribution >= 0.6 is 0 Å². The van der Waals surface area contributed by atoms with Crippen LogP contribution in [0, 0.1) is 12.7 Å². The van der Waals surface area contributed by atoms with E-state index in [1.165, 1.54) is 12.1 Å². The van der Waals surface area contributed by atoms with Gasteiger partial charge >= 0.3 is 0 Å². The van der Waals surface area contributed by atoms with Gasteiger partial charge in [-0.05, 0) is 31.9 Å². The van der Waals surface area contributed by atoms with Gasteiger partial charge in [-0.2, -0.15) is 4.98 Å². The number of carbonyl (C=O) groups excluding carboxylic acids is 1. The molecule has 1 atom stereocenters. The highest BCUT2D eigenvalue weighted by Crippen LogP contribution is 2.33. The summed E-state index contributed by atoms with van der Waals surface area (Å²) in [5, 5.41) is 4.05. The normalized spacial score (nSPS) is 16.8. The van der Waals surface area contributed by atoms with Gasteiger partial charge < -0.3 is 9.42 Å². The van der Waals surface area contributed by atoms with E-state index in [2.05, 4.69) is 10.1 Å². The van der Waals surface area contributed by atoms with E-state index in [-0.39, 0.29) is 17.5 Å². The molecule has 26 heavy (non-hydrogen) atoms. The molecule has 1 aliphatic heterocycles. The van der Waals surface area contributed by atoms with Crippen molar-refractivity contribution in [1.82, 2.24) is 15.0 Å². The van der Waals surface area contributed by atoms with E-state index in [9.17, 15) is 9.18 Å². The Kier molecular flexibility index (Phi) is 4.24. The number of likely N-dealkylation sites (tertiary alicyclic amines) is 1. The summed E-state index contributed by atoms with van der Waals surface area (Å²) in [6.45, 7) is 2.55. The lowest BCUT2D eigenvalue weighted by Crippen LogP contribution is -2.31. The van der Waals surface area contributed by atoms with Crippen LogP contribution in [-0.4, -0.2) is 27.5 Å². The van der Waals surface area contributed by atoms with Crippen LogP contribution in [0.15, 0.2) is 53.1 Å². The number of aromatic nitrogens is 2. The lowest BCUT2D eigenvalue weighted by atomic mass is 10.1. The Labute approximate surface area is 150 Å². The summed E-state index contributed by atoms with van der Waals surface area (Å²) in [4.78, 5) is 18.9. The molecule has 0 saturated carbocycles. The molecule has 2 heterocycles. The number of aryl methyl sites for hydroxylation is 1. The second kappa shape index (κ2) is 6.71. The Morgan fingerprint density at radius 1 is 1.19 bits per heavy atom. The fraction of sp³-hybridized carbons (Fsp3) is 0.250. The highest BCUT2D eigenvalue weighted by Gasteiger charge is 2.35. The topological polar surface area (TPSA) is 59.2 Å². The Hall–Kier alpha value is -3.02. The standard InChI is InChI=1S/C20H18FN3O2/c1-13-8-10-14(11-9-13)18-22-19(26-23-18)17-7-4-12-24(17)20(25)15-5-2-3-6-16(15)21/h2-3,5-6,8-11,17H,4,7,12H2,1H3. The van der Waals surface area contributed by atoms with Crippen LogP contribution in [-0.2, 0) is 0 Å². The molecule has 5 nitrogen and oxygen atoms in total. The molecule has 0 N–H and O–H groups in total. The van der Waals surface area contributed by atoms with Crippen molar-refractivity contribution in [3.8, 4) is 11.4 Å². The van der Waals surface area contributed by atoms with Gasteiger partial charge in [-0.3, -0.25) is 4.79 Å². The lowest BCUT2D eigenvalue weighted by Gasteiger charge is -2.22. The Morgan fingerprint density at radius 3 is 2.73 bits per heavy atom. The van der Waals surface area contributed by atoms with Crippen molar-refractivity contribution in [1.29, 1.82) is 0 Å². The van der Waals surface area contributed by atoms with Crippen molar-refractivity contribution >= 4 is 5.91 Å². The molecule has 132 valence electrons. The smallest absolute Gasteiger partial charge is 0.257 e. The van der Waals surface area contributed by atoms with E-state index in [1.54, 1.807) is 17.0 Å². The van der Waals surface area contributed by atoms with Crippen molar-refractivity contribution in [2.45, 2.75) is 25.8 Å². The molecule has 3 aromatic rings. The first-order chi connectivity index (χ1) is 12.6. The van der Waals surface area contributed by atoms with Gasteiger partial charge in [0.25, 0.3) is 5.91 Å². The van der Waals surface area contributed by atoms with E-state index in [1.807, 2.05) is 31.2 Å². The summed E-state index contributed by atoms with van der Waals surface area (Å²) in [7, 11) is 0. The van der Waals surface area contributed by atoms with Crippen LogP contribution in [0.4, 0.5) is 4.39 Å². The molecule has 1 aromatic heterocycles. The second-order valence-electron chi connectivity index (χ2n) is 6.46. The summed E-state index contributed by atoms with van der Waals surface area (Å²) in [6.07, 6.45) is 1.53. The molecule has 6 heteroatoms. The van der Waals surface area contributed by atoms with Crippen molar-refractivity contribution in [3.05, 3.63) is 71.4 Å². The Balaban J connectivity index is 1.60. The largest absolute Gasteiger partial charge is 0.337 e. The molecule has 0 spiro atoms. The quantitative estimate of drug-likeness (QED) is 0.711. The number of hydrogen-bond donors (Lipinski definition) is 0. The second-order valence-corrected chi connectivity index (χ2v) is 6.46. The molecule has 2 aromatic carbocycles. The predicted molar refractivity (Wildman–Crippen MR) is 93.9 cm³/mol. The third-order valence-corrected chi connectivity index (χ3v) is 4.65. The third kappa shape index (κ3) is 2.98. The highest BCUT2D eigenvalue weighted by atomic mass is 19.1. The molecule has 1 fully saturated rings. The van der Waals surface area contributed by atoms with Crippen LogP contribution in [0.2, 0.25) is 0 Å². The van der Waals surface area contributed by atoms with Gasteiger partial charge in [-0.15, -0.1) is 0 Å². The molecule has 0 bridgehead atoms. The van der Waals surface area contributed by atoms with Crippen molar-refractivity contribution in [2.75, 3.05) is 6.54 Å². The van der Waals surface area contributed by atoms with Crippen molar-refractivity contribution in [2.24, 2.45) is 0 Å². The van der Waals surface area contributed by atoms with Gasteiger partial charge in [0, 0.05) is 12.1 Å². The van der Waals surface area contributed by atoms with Crippen LogP contribution in [0.5, 0.6) is 0 Å².